The number of nitrogen functional groups attached to an aromatic ring is 1. The van der Waals surface area contributed by atoms with Gasteiger partial charge in [-0.1, -0.05) is 34.8 Å². The maximum atomic E-state index is 8.75. The van der Waals surface area contributed by atoms with Gasteiger partial charge in [0.1, 0.15) is 6.07 Å². The summed E-state index contributed by atoms with van der Waals surface area (Å²) in [6.07, 6.45) is 1.42. The molecule has 0 bridgehead atoms. The molecule has 0 unspecified atom stereocenters. The topological polar surface area (TPSA) is 62.7 Å². The van der Waals surface area contributed by atoms with Crippen molar-refractivity contribution in [2.75, 3.05) is 5.73 Å². The second-order valence-corrected chi connectivity index (χ2v) is 4.74. The number of benzene rings is 1. The third-order valence-electron chi connectivity index (χ3n) is 2.31. The summed E-state index contributed by atoms with van der Waals surface area (Å²) in [4.78, 5) is 4.12. The van der Waals surface area contributed by atoms with Crippen molar-refractivity contribution in [3.05, 3.63) is 45.0 Å². The molecular weight excluding hydrogens is 293 g/mol. The molecule has 0 aliphatic rings. The van der Waals surface area contributed by atoms with Crippen molar-refractivity contribution in [2.24, 2.45) is 0 Å². The highest BCUT2D eigenvalue weighted by Crippen LogP contribution is 2.36. The number of nitrogens with zero attached hydrogens (tertiary/aromatic N) is 2. The van der Waals surface area contributed by atoms with E-state index in [9.17, 15) is 0 Å². The lowest BCUT2D eigenvalue weighted by Crippen LogP contribution is -1.95. The fourth-order valence-corrected chi connectivity index (χ4v) is 2.11. The van der Waals surface area contributed by atoms with Crippen molar-refractivity contribution in [1.82, 2.24) is 4.98 Å². The molecule has 0 spiro atoms. The SMILES string of the molecule is N#Cc1cnc(-c2cc(Cl)c(Cl)cc2Cl)c(N)c1. The van der Waals surface area contributed by atoms with Gasteiger partial charge < -0.3 is 5.73 Å². The van der Waals surface area contributed by atoms with Gasteiger partial charge in [0.05, 0.1) is 32.0 Å². The van der Waals surface area contributed by atoms with Crippen LogP contribution in [0.5, 0.6) is 0 Å². The molecule has 1 aromatic heterocycles. The monoisotopic (exact) mass is 297 g/mol. The number of hydrogen-bond donors (Lipinski definition) is 1. The third-order valence-corrected chi connectivity index (χ3v) is 3.35. The number of rotatable bonds is 1. The quantitative estimate of drug-likeness (QED) is 0.804. The summed E-state index contributed by atoms with van der Waals surface area (Å²) in [6.45, 7) is 0. The minimum atomic E-state index is 0.356. The zero-order chi connectivity index (χ0) is 13.3. The molecule has 6 heteroatoms. The van der Waals surface area contributed by atoms with Crippen LogP contribution in [0.2, 0.25) is 15.1 Å². The van der Waals surface area contributed by atoms with Gasteiger partial charge in [0.2, 0.25) is 0 Å². The molecule has 0 atom stereocenters. The lowest BCUT2D eigenvalue weighted by Gasteiger charge is -2.08. The van der Waals surface area contributed by atoms with Crippen molar-refractivity contribution < 1.29 is 0 Å². The van der Waals surface area contributed by atoms with E-state index in [-0.39, 0.29) is 0 Å². The minimum Gasteiger partial charge on any atom is -0.397 e. The average Bonchev–Trinajstić information content (AvgIpc) is 2.34. The van der Waals surface area contributed by atoms with Crippen molar-refractivity contribution >= 4 is 40.5 Å². The molecule has 0 saturated carbocycles. The zero-order valence-electron chi connectivity index (χ0n) is 8.92. The van der Waals surface area contributed by atoms with E-state index in [4.69, 9.17) is 45.8 Å². The Labute approximate surface area is 119 Å². The minimum absolute atomic E-state index is 0.356. The van der Waals surface area contributed by atoms with Gasteiger partial charge in [0, 0.05) is 11.8 Å². The maximum absolute atomic E-state index is 8.75. The Bertz CT molecular complexity index is 662. The van der Waals surface area contributed by atoms with Crippen molar-refractivity contribution in [3.63, 3.8) is 0 Å². The van der Waals surface area contributed by atoms with E-state index in [1.54, 1.807) is 6.07 Å². The normalized spacial score (nSPS) is 10.1. The van der Waals surface area contributed by atoms with E-state index < -0.39 is 0 Å². The van der Waals surface area contributed by atoms with Crippen LogP contribution < -0.4 is 5.73 Å². The Kier molecular flexibility index (Phi) is 3.63. The molecule has 0 amide bonds. The molecule has 0 radical (unpaired) electrons. The molecule has 0 aliphatic carbocycles. The zero-order valence-corrected chi connectivity index (χ0v) is 11.2. The highest BCUT2D eigenvalue weighted by atomic mass is 35.5. The summed E-state index contributed by atoms with van der Waals surface area (Å²) in [7, 11) is 0. The van der Waals surface area contributed by atoms with E-state index in [2.05, 4.69) is 4.98 Å². The fraction of sp³-hybridized carbons (Fsp3) is 0. The molecule has 1 aromatic carbocycles. The largest absolute Gasteiger partial charge is 0.397 e. The lowest BCUT2D eigenvalue weighted by molar-refractivity contribution is 1.30. The predicted octanol–water partition coefficient (Wildman–Crippen LogP) is 4.16. The first-order valence-electron chi connectivity index (χ1n) is 4.83. The maximum Gasteiger partial charge on any atom is 0.101 e. The van der Waals surface area contributed by atoms with E-state index >= 15 is 0 Å². The summed E-state index contributed by atoms with van der Waals surface area (Å²) >= 11 is 17.9. The number of nitrogens with two attached hydrogens (primary N) is 1. The Morgan fingerprint density at radius 2 is 1.72 bits per heavy atom. The number of nitriles is 1. The molecule has 2 rings (SSSR count). The van der Waals surface area contributed by atoms with Crippen LogP contribution in [0.3, 0.4) is 0 Å². The van der Waals surface area contributed by atoms with Crippen LogP contribution in [0.25, 0.3) is 11.3 Å². The molecule has 2 aromatic rings. The summed E-state index contributed by atoms with van der Waals surface area (Å²) < 4.78 is 0. The standard InChI is InChI=1S/C12H6Cl3N3/c13-8-3-10(15)9(14)2-7(8)12-11(17)1-6(4-16)5-18-12/h1-3,5H,17H2. The number of hydrogen-bond acceptors (Lipinski definition) is 3. The van der Waals surface area contributed by atoms with Gasteiger partial charge in [0.25, 0.3) is 0 Å². The molecule has 18 heavy (non-hydrogen) atoms. The van der Waals surface area contributed by atoms with Crippen LogP contribution in [-0.4, -0.2) is 4.98 Å². The van der Waals surface area contributed by atoms with Gasteiger partial charge >= 0.3 is 0 Å². The third kappa shape index (κ3) is 2.37. The van der Waals surface area contributed by atoms with Gasteiger partial charge in [-0.25, -0.2) is 0 Å². The Balaban J connectivity index is 2.63. The molecular formula is C12H6Cl3N3. The summed E-state index contributed by atoms with van der Waals surface area (Å²) in [5.74, 6) is 0. The molecule has 1 heterocycles. The van der Waals surface area contributed by atoms with Crippen molar-refractivity contribution in [3.8, 4) is 17.3 Å². The average molecular weight is 299 g/mol. The van der Waals surface area contributed by atoms with Crippen molar-refractivity contribution in [1.29, 1.82) is 5.26 Å². The van der Waals surface area contributed by atoms with Crippen LogP contribution in [0.15, 0.2) is 24.4 Å². The van der Waals surface area contributed by atoms with E-state index in [0.717, 1.165) is 0 Å². The molecule has 3 nitrogen and oxygen atoms in total. The van der Waals surface area contributed by atoms with Crippen LogP contribution in [0, 0.1) is 11.3 Å². The van der Waals surface area contributed by atoms with E-state index in [1.165, 1.54) is 18.3 Å². The highest BCUT2D eigenvalue weighted by Gasteiger charge is 2.12. The summed E-state index contributed by atoms with van der Waals surface area (Å²) in [6, 6.07) is 6.61. The molecule has 2 N–H and O–H groups in total. The number of anilines is 1. The number of halogens is 3. The molecule has 90 valence electrons. The smallest absolute Gasteiger partial charge is 0.101 e. The first-order valence-corrected chi connectivity index (χ1v) is 5.97. The van der Waals surface area contributed by atoms with Gasteiger partial charge in [-0.3, -0.25) is 4.98 Å². The first-order chi connectivity index (χ1) is 8.52. The van der Waals surface area contributed by atoms with Gasteiger partial charge in [-0.15, -0.1) is 0 Å². The van der Waals surface area contributed by atoms with Crippen LogP contribution >= 0.6 is 34.8 Å². The van der Waals surface area contributed by atoms with Gasteiger partial charge in [0.15, 0.2) is 0 Å². The van der Waals surface area contributed by atoms with Crippen molar-refractivity contribution in [2.45, 2.75) is 0 Å². The fourth-order valence-electron chi connectivity index (χ4n) is 1.47. The molecule has 0 fully saturated rings. The second-order valence-electron chi connectivity index (χ2n) is 3.52. The molecule has 0 aliphatic heterocycles. The van der Waals surface area contributed by atoms with Crippen LogP contribution in [-0.2, 0) is 0 Å². The van der Waals surface area contributed by atoms with Crippen LogP contribution in [0.1, 0.15) is 5.56 Å². The number of pyridine rings is 1. The summed E-state index contributed by atoms with van der Waals surface area (Å²) in [5, 5.41) is 9.87. The van der Waals surface area contributed by atoms with E-state index in [1.807, 2.05) is 6.07 Å². The van der Waals surface area contributed by atoms with Gasteiger partial charge in [-0.05, 0) is 18.2 Å². The first kappa shape index (κ1) is 13.0. The lowest BCUT2D eigenvalue weighted by atomic mass is 10.1. The Morgan fingerprint density at radius 1 is 1.06 bits per heavy atom. The Hall–Kier alpha value is -1.47. The van der Waals surface area contributed by atoms with Gasteiger partial charge in [-0.2, -0.15) is 5.26 Å². The van der Waals surface area contributed by atoms with E-state index in [0.29, 0.717) is 37.6 Å². The Morgan fingerprint density at radius 3 is 2.33 bits per heavy atom. The predicted molar refractivity (Wildman–Crippen MR) is 73.8 cm³/mol. The summed E-state index contributed by atoms with van der Waals surface area (Å²) in [5.41, 5.74) is 7.62. The number of aromatic nitrogens is 1. The highest BCUT2D eigenvalue weighted by molar-refractivity contribution is 6.44. The molecule has 0 saturated heterocycles. The second kappa shape index (κ2) is 5.03. The van der Waals surface area contributed by atoms with Crippen LogP contribution in [0.4, 0.5) is 5.69 Å².